The molecular weight excluding hydrogens is 274 g/mol. The molecule has 0 spiro atoms. The summed E-state index contributed by atoms with van der Waals surface area (Å²) in [5, 5.41) is 16.2. The normalized spacial score (nSPS) is 9.95. The van der Waals surface area contributed by atoms with Crippen LogP contribution >= 0.6 is 0 Å². The van der Waals surface area contributed by atoms with Crippen LogP contribution in [0.4, 0.5) is 10.5 Å². The first-order chi connectivity index (χ1) is 10.2. The molecule has 1 aromatic rings. The van der Waals surface area contributed by atoms with Crippen molar-refractivity contribution in [2.24, 2.45) is 0 Å². The predicted octanol–water partition coefficient (Wildman–Crippen LogP) is 0.323. The maximum absolute atomic E-state index is 11.5. The molecule has 7 heteroatoms. The molecule has 0 saturated heterocycles. The van der Waals surface area contributed by atoms with Gasteiger partial charge in [-0.25, -0.2) is 4.79 Å². The summed E-state index contributed by atoms with van der Waals surface area (Å²) in [5.41, 5.74) is 0.663. The number of carbonyl (C=O) groups excluding carboxylic acids is 2. The molecule has 21 heavy (non-hydrogen) atoms. The lowest BCUT2D eigenvalue weighted by Crippen LogP contribution is -2.39. The van der Waals surface area contributed by atoms with Gasteiger partial charge in [-0.05, 0) is 18.6 Å². The topological polar surface area (TPSA) is 99.7 Å². The van der Waals surface area contributed by atoms with Crippen LogP contribution in [0.15, 0.2) is 30.3 Å². The van der Waals surface area contributed by atoms with Crippen LogP contribution in [0.3, 0.4) is 0 Å². The number of benzene rings is 1. The third-order valence-electron chi connectivity index (χ3n) is 2.46. The molecule has 1 aromatic carbocycles. The van der Waals surface area contributed by atoms with Crippen molar-refractivity contribution in [3.05, 3.63) is 30.3 Å². The SMILES string of the molecule is O=C(CNC(=O)Nc1ccccc1)NCCCOCCO. The van der Waals surface area contributed by atoms with Crippen LogP contribution in [0.1, 0.15) is 6.42 Å². The van der Waals surface area contributed by atoms with Crippen molar-refractivity contribution in [2.45, 2.75) is 6.42 Å². The first kappa shape index (κ1) is 16.9. The Hall–Kier alpha value is -2.12. The number of ether oxygens (including phenoxy) is 1. The van der Waals surface area contributed by atoms with Gasteiger partial charge in [-0.2, -0.15) is 0 Å². The van der Waals surface area contributed by atoms with E-state index in [0.29, 0.717) is 31.9 Å². The van der Waals surface area contributed by atoms with E-state index in [0.717, 1.165) is 0 Å². The highest BCUT2D eigenvalue weighted by atomic mass is 16.5. The number of amides is 3. The number of aliphatic hydroxyl groups excluding tert-OH is 1. The van der Waals surface area contributed by atoms with Crippen molar-refractivity contribution in [1.82, 2.24) is 10.6 Å². The van der Waals surface area contributed by atoms with Crippen LogP contribution in [0.25, 0.3) is 0 Å². The fourth-order valence-corrected chi connectivity index (χ4v) is 1.49. The molecule has 0 aliphatic carbocycles. The number of nitrogens with one attached hydrogen (secondary N) is 3. The summed E-state index contributed by atoms with van der Waals surface area (Å²) in [4.78, 5) is 23.0. The number of hydrogen-bond donors (Lipinski definition) is 4. The summed E-state index contributed by atoms with van der Waals surface area (Å²) in [7, 11) is 0. The number of rotatable bonds is 9. The Kier molecular flexibility index (Phi) is 8.58. The van der Waals surface area contributed by atoms with Gasteiger partial charge in [0.2, 0.25) is 5.91 Å². The van der Waals surface area contributed by atoms with E-state index in [4.69, 9.17) is 9.84 Å². The van der Waals surface area contributed by atoms with Crippen LogP contribution in [0, 0.1) is 0 Å². The summed E-state index contributed by atoms with van der Waals surface area (Å²) in [5.74, 6) is -0.264. The lowest BCUT2D eigenvalue weighted by molar-refractivity contribution is -0.120. The predicted molar refractivity (Wildman–Crippen MR) is 79.0 cm³/mol. The molecular formula is C14H21N3O4. The van der Waals surface area contributed by atoms with Gasteiger partial charge in [0.1, 0.15) is 0 Å². The fourth-order valence-electron chi connectivity index (χ4n) is 1.49. The molecule has 0 fully saturated rings. The number of anilines is 1. The smallest absolute Gasteiger partial charge is 0.319 e. The van der Waals surface area contributed by atoms with Gasteiger partial charge in [0, 0.05) is 18.8 Å². The maximum atomic E-state index is 11.5. The number of aliphatic hydroxyl groups is 1. The molecule has 4 N–H and O–H groups in total. The minimum absolute atomic E-state index is 0.00714. The van der Waals surface area contributed by atoms with Crippen molar-refractivity contribution in [2.75, 3.05) is 38.2 Å². The van der Waals surface area contributed by atoms with E-state index in [-0.39, 0.29) is 19.1 Å². The van der Waals surface area contributed by atoms with Gasteiger partial charge in [-0.3, -0.25) is 4.79 Å². The maximum Gasteiger partial charge on any atom is 0.319 e. The molecule has 0 unspecified atom stereocenters. The minimum Gasteiger partial charge on any atom is -0.394 e. The second-order valence-electron chi connectivity index (χ2n) is 4.21. The fraction of sp³-hybridized carbons (Fsp3) is 0.429. The first-order valence-corrected chi connectivity index (χ1v) is 6.77. The summed E-state index contributed by atoms with van der Waals surface area (Å²) >= 11 is 0. The largest absolute Gasteiger partial charge is 0.394 e. The van der Waals surface area contributed by atoms with E-state index < -0.39 is 6.03 Å². The van der Waals surface area contributed by atoms with Crippen LogP contribution in [-0.4, -0.2) is 50.0 Å². The van der Waals surface area contributed by atoms with Gasteiger partial charge in [-0.1, -0.05) is 18.2 Å². The molecule has 7 nitrogen and oxygen atoms in total. The zero-order chi connectivity index (χ0) is 15.3. The van der Waals surface area contributed by atoms with E-state index in [9.17, 15) is 9.59 Å². The van der Waals surface area contributed by atoms with Crippen molar-refractivity contribution in [1.29, 1.82) is 0 Å². The Balaban J connectivity index is 2.05. The van der Waals surface area contributed by atoms with E-state index in [1.807, 2.05) is 6.07 Å². The molecule has 1 rings (SSSR count). The Morgan fingerprint density at radius 3 is 2.57 bits per heavy atom. The number of urea groups is 1. The molecule has 0 atom stereocenters. The van der Waals surface area contributed by atoms with Gasteiger partial charge >= 0.3 is 6.03 Å². The molecule has 0 saturated carbocycles. The van der Waals surface area contributed by atoms with Crippen LogP contribution in [-0.2, 0) is 9.53 Å². The van der Waals surface area contributed by atoms with Crippen LogP contribution in [0.5, 0.6) is 0 Å². The summed E-state index contributed by atoms with van der Waals surface area (Å²) in [6.45, 7) is 1.15. The van der Waals surface area contributed by atoms with Crippen molar-refractivity contribution < 1.29 is 19.4 Å². The Morgan fingerprint density at radius 1 is 1.10 bits per heavy atom. The van der Waals surface area contributed by atoms with Crippen molar-refractivity contribution >= 4 is 17.6 Å². The second kappa shape index (κ2) is 10.6. The van der Waals surface area contributed by atoms with E-state index >= 15 is 0 Å². The van der Waals surface area contributed by atoms with Gasteiger partial charge in [-0.15, -0.1) is 0 Å². The lowest BCUT2D eigenvalue weighted by Gasteiger charge is -2.08. The van der Waals surface area contributed by atoms with Gasteiger partial charge in [0.05, 0.1) is 19.8 Å². The molecule has 116 valence electrons. The molecule has 3 amide bonds. The highest BCUT2D eigenvalue weighted by Gasteiger charge is 2.04. The van der Waals surface area contributed by atoms with Crippen LogP contribution in [0.2, 0.25) is 0 Å². The number of carbonyl (C=O) groups is 2. The number of para-hydroxylation sites is 1. The quantitative estimate of drug-likeness (QED) is 0.493. The Bertz CT molecular complexity index is 425. The standard InChI is InChI=1S/C14H21N3O4/c18-8-10-21-9-4-7-15-13(19)11-16-14(20)17-12-5-2-1-3-6-12/h1-3,5-6,18H,4,7-11H2,(H,15,19)(H2,16,17,20). The van der Waals surface area contributed by atoms with Gasteiger partial charge in [0.15, 0.2) is 0 Å². The van der Waals surface area contributed by atoms with Crippen molar-refractivity contribution in [3.8, 4) is 0 Å². The van der Waals surface area contributed by atoms with Crippen molar-refractivity contribution in [3.63, 3.8) is 0 Å². The average Bonchev–Trinajstić information content (AvgIpc) is 2.50. The van der Waals surface area contributed by atoms with Crippen LogP contribution < -0.4 is 16.0 Å². The molecule has 0 aromatic heterocycles. The highest BCUT2D eigenvalue weighted by molar-refractivity contribution is 5.92. The first-order valence-electron chi connectivity index (χ1n) is 6.77. The monoisotopic (exact) mass is 295 g/mol. The zero-order valence-electron chi connectivity index (χ0n) is 11.8. The second-order valence-corrected chi connectivity index (χ2v) is 4.21. The molecule has 0 aliphatic rings. The Morgan fingerprint density at radius 2 is 1.86 bits per heavy atom. The van der Waals surface area contributed by atoms with Gasteiger partial charge < -0.3 is 25.8 Å². The molecule has 0 heterocycles. The molecule has 0 radical (unpaired) electrons. The third kappa shape index (κ3) is 8.61. The molecule has 0 aliphatic heterocycles. The average molecular weight is 295 g/mol. The molecule has 0 bridgehead atoms. The van der Waals surface area contributed by atoms with Gasteiger partial charge in [0.25, 0.3) is 0 Å². The third-order valence-corrected chi connectivity index (χ3v) is 2.46. The van der Waals surface area contributed by atoms with E-state index in [1.54, 1.807) is 24.3 Å². The highest BCUT2D eigenvalue weighted by Crippen LogP contribution is 2.03. The summed E-state index contributed by atoms with van der Waals surface area (Å²) in [6, 6.07) is 8.55. The summed E-state index contributed by atoms with van der Waals surface area (Å²) < 4.78 is 5.05. The van der Waals surface area contributed by atoms with E-state index in [1.165, 1.54) is 0 Å². The lowest BCUT2D eigenvalue weighted by atomic mass is 10.3. The zero-order valence-corrected chi connectivity index (χ0v) is 11.8. The minimum atomic E-state index is -0.428. The summed E-state index contributed by atoms with van der Waals surface area (Å²) in [6.07, 6.45) is 0.655. The number of hydrogen-bond acceptors (Lipinski definition) is 4. The Labute approximate surface area is 123 Å². The van der Waals surface area contributed by atoms with E-state index in [2.05, 4.69) is 16.0 Å².